The zero-order valence-electron chi connectivity index (χ0n) is 15.0. The number of benzene rings is 1. The van der Waals surface area contributed by atoms with Crippen molar-refractivity contribution in [3.63, 3.8) is 0 Å². The van der Waals surface area contributed by atoms with Gasteiger partial charge < -0.3 is 10.2 Å². The molecule has 5 heteroatoms. The zero-order valence-corrected chi connectivity index (χ0v) is 15.0. The van der Waals surface area contributed by atoms with E-state index in [1.165, 1.54) is 25.9 Å². The molecule has 1 atom stereocenters. The first-order valence-corrected chi connectivity index (χ1v) is 9.30. The summed E-state index contributed by atoms with van der Waals surface area (Å²) in [5, 5.41) is 7.81. The molecule has 3 aliphatic rings. The van der Waals surface area contributed by atoms with Crippen molar-refractivity contribution in [1.29, 1.82) is 0 Å². The smallest absolute Gasteiger partial charge is 0.255 e. The summed E-state index contributed by atoms with van der Waals surface area (Å²) in [7, 11) is 0. The minimum atomic E-state index is 0.0182. The number of hydrogen-bond acceptors (Lipinski definition) is 3. The van der Waals surface area contributed by atoms with Crippen LogP contribution in [0.15, 0.2) is 36.5 Å². The zero-order chi connectivity index (χ0) is 17.4. The third kappa shape index (κ3) is 3.09. The van der Waals surface area contributed by atoms with Crippen LogP contribution in [0.5, 0.6) is 0 Å². The van der Waals surface area contributed by atoms with E-state index >= 15 is 0 Å². The molecule has 1 aromatic heterocycles. The molecule has 132 valence electrons. The molecule has 0 spiro atoms. The van der Waals surface area contributed by atoms with Gasteiger partial charge in [0.05, 0.1) is 23.1 Å². The summed E-state index contributed by atoms with van der Waals surface area (Å²) in [6, 6.07) is 10.3. The standard InChI is InChI=1S/C20H26N4O/c1-14(2)19-17(12-21-24(19)16-6-4-3-5-7-16)20(25)22-18-13-23-10-8-15(18)9-11-23/h3-7,12,14-15,18H,8-11,13H2,1-2H3,(H,22,25). The molecule has 2 bridgehead atoms. The molecular weight excluding hydrogens is 312 g/mol. The van der Waals surface area contributed by atoms with Crippen molar-refractivity contribution in [3.05, 3.63) is 47.8 Å². The summed E-state index contributed by atoms with van der Waals surface area (Å²) >= 11 is 0. The molecule has 3 saturated heterocycles. The van der Waals surface area contributed by atoms with Gasteiger partial charge in [-0.25, -0.2) is 4.68 Å². The number of aromatic nitrogens is 2. The number of nitrogens with one attached hydrogen (secondary N) is 1. The maximum atomic E-state index is 13.0. The van der Waals surface area contributed by atoms with E-state index in [9.17, 15) is 4.79 Å². The summed E-state index contributed by atoms with van der Waals surface area (Å²) in [6.07, 6.45) is 4.12. The van der Waals surface area contributed by atoms with E-state index < -0.39 is 0 Å². The van der Waals surface area contributed by atoms with Crippen LogP contribution in [0.4, 0.5) is 0 Å². The molecule has 4 heterocycles. The lowest BCUT2D eigenvalue weighted by molar-refractivity contribution is 0.0620. The fraction of sp³-hybridized carbons (Fsp3) is 0.500. The van der Waals surface area contributed by atoms with Crippen LogP contribution >= 0.6 is 0 Å². The lowest BCUT2D eigenvalue weighted by atomic mass is 9.84. The number of amides is 1. The number of hydrogen-bond donors (Lipinski definition) is 1. The van der Waals surface area contributed by atoms with Crippen molar-refractivity contribution < 1.29 is 4.79 Å². The first kappa shape index (κ1) is 16.3. The first-order chi connectivity index (χ1) is 12.1. The van der Waals surface area contributed by atoms with Gasteiger partial charge in [-0.2, -0.15) is 5.10 Å². The Morgan fingerprint density at radius 2 is 1.92 bits per heavy atom. The SMILES string of the molecule is CC(C)c1c(C(=O)NC2CN3CCC2CC3)cnn1-c1ccccc1. The summed E-state index contributed by atoms with van der Waals surface area (Å²) in [5.74, 6) is 0.861. The third-order valence-electron chi connectivity index (χ3n) is 5.57. The highest BCUT2D eigenvalue weighted by Gasteiger charge is 2.35. The lowest BCUT2D eigenvalue weighted by Gasteiger charge is -2.44. The second-order valence-electron chi connectivity index (χ2n) is 7.56. The van der Waals surface area contributed by atoms with Gasteiger partial charge in [-0.05, 0) is 49.9 Å². The molecule has 5 nitrogen and oxygen atoms in total. The van der Waals surface area contributed by atoms with Gasteiger partial charge in [-0.15, -0.1) is 0 Å². The number of rotatable bonds is 4. The molecule has 0 saturated carbocycles. The van der Waals surface area contributed by atoms with E-state index in [-0.39, 0.29) is 17.9 Å². The van der Waals surface area contributed by atoms with Crippen LogP contribution < -0.4 is 5.32 Å². The predicted molar refractivity (Wildman–Crippen MR) is 98.1 cm³/mol. The second-order valence-corrected chi connectivity index (χ2v) is 7.56. The van der Waals surface area contributed by atoms with Gasteiger partial charge in [0.1, 0.15) is 0 Å². The van der Waals surface area contributed by atoms with Crippen molar-refractivity contribution >= 4 is 5.91 Å². The van der Waals surface area contributed by atoms with E-state index in [2.05, 4.69) is 29.2 Å². The Hall–Kier alpha value is -2.14. The Morgan fingerprint density at radius 1 is 1.20 bits per heavy atom. The summed E-state index contributed by atoms with van der Waals surface area (Å²) in [4.78, 5) is 15.4. The molecule has 3 fully saturated rings. The van der Waals surface area contributed by atoms with Crippen LogP contribution in [0.1, 0.15) is 48.7 Å². The molecule has 2 aromatic rings. The van der Waals surface area contributed by atoms with Crippen LogP contribution in [0.25, 0.3) is 5.69 Å². The Kier molecular flexibility index (Phi) is 4.34. The molecule has 1 amide bonds. The summed E-state index contributed by atoms with van der Waals surface area (Å²) in [5.41, 5.74) is 2.67. The number of fused-ring (bicyclic) bond motifs is 3. The Labute approximate surface area is 149 Å². The molecule has 5 rings (SSSR count). The molecule has 0 aliphatic carbocycles. The Morgan fingerprint density at radius 3 is 2.52 bits per heavy atom. The van der Waals surface area contributed by atoms with Crippen molar-refractivity contribution in [1.82, 2.24) is 20.0 Å². The van der Waals surface area contributed by atoms with Crippen molar-refractivity contribution in [2.24, 2.45) is 5.92 Å². The number of carbonyl (C=O) groups excluding carboxylic acids is 1. The normalized spacial score (nSPS) is 25.3. The average Bonchev–Trinajstić information content (AvgIpc) is 3.09. The van der Waals surface area contributed by atoms with Gasteiger partial charge in [0.2, 0.25) is 0 Å². The van der Waals surface area contributed by atoms with Gasteiger partial charge in [0, 0.05) is 12.6 Å². The fourth-order valence-corrected chi connectivity index (χ4v) is 4.24. The fourth-order valence-electron chi connectivity index (χ4n) is 4.24. The van der Waals surface area contributed by atoms with Crippen molar-refractivity contribution in [3.8, 4) is 5.69 Å². The lowest BCUT2D eigenvalue weighted by Crippen LogP contribution is -2.57. The highest BCUT2D eigenvalue weighted by atomic mass is 16.1. The van der Waals surface area contributed by atoms with E-state index in [1.54, 1.807) is 6.20 Å². The third-order valence-corrected chi connectivity index (χ3v) is 5.57. The number of nitrogens with zero attached hydrogens (tertiary/aromatic N) is 3. The van der Waals surface area contributed by atoms with E-state index in [0.29, 0.717) is 11.5 Å². The van der Waals surface area contributed by atoms with E-state index in [0.717, 1.165) is 17.9 Å². The Bertz CT molecular complexity index is 744. The molecule has 3 aliphatic heterocycles. The molecule has 1 N–H and O–H groups in total. The monoisotopic (exact) mass is 338 g/mol. The van der Waals surface area contributed by atoms with Gasteiger partial charge in [0.15, 0.2) is 0 Å². The van der Waals surface area contributed by atoms with Crippen LogP contribution in [0, 0.1) is 5.92 Å². The topological polar surface area (TPSA) is 50.2 Å². The maximum absolute atomic E-state index is 13.0. The van der Waals surface area contributed by atoms with Crippen LogP contribution in [-0.2, 0) is 0 Å². The Balaban J connectivity index is 1.59. The van der Waals surface area contributed by atoms with E-state index in [4.69, 9.17) is 0 Å². The van der Waals surface area contributed by atoms with Crippen LogP contribution in [0.2, 0.25) is 0 Å². The minimum absolute atomic E-state index is 0.0182. The quantitative estimate of drug-likeness (QED) is 0.933. The predicted octanol–water partition coefficient (Wildman–Crippen LogP) is 2.82. The second kappa shape index (κ2) is 6.64. The summed E-state index contributed by atoms with van der Waals surface area (Å²) in [6.45, 7) is 7.57. The largest absolute Gasteiger partial charge is 0.348 e. The molecule has 1 unspecified atom stereocenters. The van der Waals surface area contributed by atoms with Gasteiger partial charge in [-0.1, -0.05) is 32.0 Å². The van der Waals surface area contributed by atoms with Gasteiger partial charge in [-0.3, -0.25) is 4.79 Å². The van der Waals surface area contributed by atoms with Crippen molar-refractivity contribution in [2.75, 3.05) is 19.6 Å². The number of para-hydroxylation sites is 1. The molecule has 25 heavy (non-hydrogen) atoms. The maximum Gasteiger partial charge on any atom is 0.255 e. The van der Waals surface area contributed by atoms with Crippen molar-refractivity contribution in [2.45, 2.75) is 38.6 Å². The van der Waals surface area contributed by atoms with E-state index in [1.807, 2.05) is 35.0 Å². The first-order valence-electron chi connectivity index (χ1n) is 9.30. The minimum Gasteiger partial charge on any atom is -0.348 e. The average molecular weight is 338 g/mol. The van der Waals surface area contributed by atoms with Crippen LogP contribution in [0.3, 0.4) is 0 Å². The molecule has 1 aromatic carbocycles. The number of carbonyl (C=O) groups is 1. The van der Waals surface area contributed by atoms with Gasteiger partial charge in [0.25, 0.3) is 5.91 Å². The highest BCUT2D eigenvalue weighted by molar-refractivity contribution is 5.95. The molecular formula is C20H26N4O. The van der Waals surface area contributed by atoms with Crippen LogP contribution in [-0.4, -0.2) is 46.3 Å². The number of piperidine rings is 3. The van der Waals surface area contributed by atoms with Gasteiger partial charge >= 0.3 is 0 Å². The highest BCUT2D eigenvalue weighted by Crippen LogP contribution is 2.28. The summed E-state index contributed by atoms with van der Waals surface area (Å²) < 4.78 is 1.90. The molecule has 0 radical (unpaired) electrons.